The molecule has 21 heavy (non-hydrogen) atoms. The molecule has 3 rings (SSSR count). The maximum absolute atomic E-state index is 13.8. The number of nitrogen functional groups attached to an aromatic ring is 1. The fourth-order valence-corrected chi connectivity index (χ4v) is 2.39. The van der Waals surface area contributed by atoms with E-state index in [4.69, 9.17) is 5.73 Å². The Morgan fingerprint density at radius 2 is 1.86 bits per heavy atom. The lowest BCUT2D eigenvalue weighted by atomic mass is 9.97. The van der Waals surface area contributed by atoms with E-state index in [-0.39, 0.29) is 18.0 Å². The molecular formula is C17H13FN2O. The van der Waals surface area contributed by atoms with Crippen molar-refractivity contribution < 1.29 is 9.18 Å². The van der Waals surface area contributed by atoms with Crippen molar-refractivity contribution in [3.8, 4) is 0 Å². The third kappa shape index (κ3) is 2.60. The molecule has 0 aliphatic rings. The Bertz CT molecular complexity index is 830. The number of aromatic nitrogens is 1. The van der Waals surface area contributed by atoms with Gasteiger partial charge in [-0.3, -0.25) is 4.79 Å². The van der Waals surface area contributed by atoms with Crippen molar-refractivity contribution >= 4 is 22.4 Å². The zero-order chi connectivity index (χ0) is 14.8. The summed E-state index contributed by atoms with van der Waals surface area (Å²) in [6.45, 7) is 0. The molecule has 0 bridgehead atoms. The zero-order valence-electron chi connectivity index (χ0n) is 11.2. The van der Waals surface area contributed by atoms with E-state index >= 15 is 0 Å². The van der Waals surface area contributed by atoms with Gasteiger partial charge >= 0.3 is 0 Å². The third-order valence-corrected chi connectivity index (χ3v) is 3.38. The Balaban J connectivity index is 2.01. The third-order valence-electron chi connectivity index (χ3n) is 3.38. The van der Waals surface area contributed by atoms with Gasteiger partial charge in [0, 0.05) is 23.6 Å². The molecule has 2 aromatic carbocycles. The largest absolute Gasteiger partial charge is 0.384 e. The van der Waals surface area contributed by atoms with Crippen molar-refractivity contribution in [3.05, 3.63) is 71.7 Å². The predicted octanol–water partition coefficient (Wildman–Crippen LogP) is 3.38. The van der Waals surface area contributed by atoms with E-state index in [9.17, 15) is 9.18 Å². The summed E-state index contributed by atoms with van der Waals surface area (Å²) < 4.78 is 13.8. The van der Waals surface area contributed by atoms with Gasteiger partial charge in [0.05, 0.1) is 0 Å². The number of fused-ring (bicyclic) bond motifs is 1. The van der Waals surface area contributed by atoms with Crippen LogP contribution in [-0.4, -0.2) is 10.8 Å². The van der Waals surface area contributed by atoms with E-state index in [1.165, 1.54) is 12.1 Å². The van der Waals surface area contributed by atoms with Gasteiger partial charge in [0.1, 0.15) is 11.6 Å². The smallest absolute Gasteiger partial charge is 0.167 e. The Morgan fingerprint density at radius 3 is 2.62 bits per heavy atom. The first-order chi connectivity index (χ1) is 10.1. The first-order valence-electron chi connectivity index (χ1n) is 6.56. The average Bonchev–Trinajstić information content (AvgIpc) is 2.48. The van der Waals surface area contributed by atoms with Gasteiger partial charge in [-0.1, -0.05) is 24.3 Å². The van der Waals surface area contributed by atoms with Crippen LogP contribution in [0.15, 0.2) is 54.7 Å². The van der Waals surface area contributed by atoms with Crippen LogP contribution in [0.3, 0.4) is 0 Å². The van der Waals surface area contributed by atoms with Crippen LogP contribution in [0.4, 0.5) is 10.2 Å². The van der Waals surface area contributed by atoms with Crippen LogP contribution < -0.4 is 5.73 Å². The number of benzene rings is 2. The van der Waals surface area contributed by atoms with E-state index in [1.54, 1.807) is 42.6 Å². The molecule has 0 amide bonds. The van der Waals surface area contributed by atoms with Gasteiger partial charge in [-0.15, -0.1) is 0 Å². The highest BCUT2D eigenvalue weighted by atomic mass is 19.1. The number of pyridine rings is 1. The van der Waals surface area contributed by atoms with E-state index in [0.29, 0.717) is 22.2 Å². The number of nitrogens with zero attached hydrogens (tertiary/aromatic N) is 1. The van der Waals surface area contributed by atoms with Gasteiger partial charge in [0.25, 0.3) is 0 Å². The Labute approximate surface area is 121 Å². The van der Waals surface area contributed by atoms with Gasteiger partial charge in [0.15, 0.2) is 5.78 Å². The summed E-state index contributed by atoms with van der Waals surface area (Å²) in [5, 5.41) is 1.09. The Kier molecular flexibility index (Phi) is 3.36. The van der Waals surface area contributed by atoms with Crippen molar-refractivity contribution in [1.82, 2.24) is 4.98 Å². The molecule has 104 valence electrons. The molecule has 0 saturated carbocycles. The van der Waals surface area contributed by atoms with Crippen molar-refractivity contribution in [2.24, 2.45) is 0 Å². The molecule has 1 heterocycles. The molecule has 1 aromatic heterocycles. The quantitative estimate of drug-likeness (QED) is 0.748. The second-order valence-corrected chi connectivity index (χ2v) is 4.83. The second-order valence-electron chi connectivity index (χ2n) is 4.83. The van der Waals surface area contributed by atoms with Crippen LogP contribution in [0, 0.1) is 5.82 Å². The molecule has 0 spiro atoms. The standard InChI is InChI=1S/C17H13FN2O/c18-15-6-5-14(12-3-1-2-4-13(12)15)16(21)9-11-7-8-20-17(19)10-11/h1-8,10H,9H2,(H2,19,20). The molecule has 3 nitrogen and oxygen atoms in total. The van der Waals surface area contributed by atoms with Gasteiger partial charge in [0.2, 0.25) is 0 Å². The number of carbonyl (C=O) groups excluding carboxylic acids is 1. The monoisotopic (exact) mass is 280 g/mol. The molecule has 0 radical (unpaired) electrons. The highest BCUT2D eigenvalue weighted by Gasteiger charge is 2.13. The van der Waals surface area contributed by atoms with Gasteiger partial charge in [-0.05, 0) is 35.2 Å². The summed E-state index contributed by atoms with van der Waals surface area (Å²) in [5.41, 5.74) is 6.92. The molecule has 3 aromatic rings. The van der Waals surface area contributed by atoms with Crippen LogP contribution in [-0.2, 0) is 6.42 Å². The number of nitrogens with two attached hydrogens (primary N) is 1. The molecule has 0 aliphatic heterocycles. The van der Waals surface area contributed by atoms with E-state index < -0.39 is 0 Å². The SMILES string of the molecule is Nc1cc(CC(=O)c2ccc(F)c3ccccc23)ccn1. The fraction of sp³-hybridized carbons (Fsp3) is 0.0588. The summed E-state index contributed by atoms with van der Waals surface area (Å²) in [6.07, 6.45) is 1.78. The normalized spacial score (nSPS) is 10.7. The lowest BCUT2D eigenvalue weighted by Crippen LogP contribution is -2.05. The number of rotatable bonds is 3. The summed E-state index contributed by atoms with van der Waals surface area (Å²) in [4.78, 5) is 16.4. The average molecular weight is 280 g/mol. The van der Waals surface area contributed by atoms with Crippen LogP contribution in [0.25, 0.3) is 10.8 Å². The first kappa shape index (κ1) is 13.2. The van der Waals surface area contributed by atoms with E-state index in [2.05, 4.69) is 4.98 Å². The predicted molar refractivity (Wildman–Crippen MR) is 80.6 cm³/mol. The van der Waals surface area contributed by atoms with Crippen LogP contribution in [0.2, 0.25) is 0 Å². The van der Waals surface area contributed by atoms with Crippen molar-refractivity contribution in [2.75, 3.05) is 5.73 Å². The maximum Gasteiger partial charge on any atom is 0.167 e. The minimum absolute atomic E-state index is 0.0724. The van der Waals surface area contributed by atoms with Gasteiger partial charge < -0.3 is 5.73 Å². The minimum Gasteiger partial charge on any atom is -0.384 e. The van der Waals surface area contributed by atoms with E-state index in [1.807, 2.05) is 0 Å². The highest BCUT2D eigenvalue weighted by Crippen LogP contribution is 2.23. The zero-order valence-corrected chi connectivity index (χ0v) is 11.2. The number of anilines is 1. The van der Waals surface area contributed by atoms with Crippen LogP contribution >= 0.6 is 0 Å². The molecule has 0 unspecified atom stereocenters. The van der Waals surface area contributed by atoms with Crippen molar-refractivity contribution in [3.63, 3.8) is 0 Å². The molecule has 2 N–H and O–H groups in total. The van der Waals surface area contributed by atoms with Crippen LogP contribution in [0.1, 0.15) is 15.9 Å². The fourth-order valence-electron chi connectivity index (χ4n) is 2.39. The molecular weight excluding hydrogens is 267 g/mol. The van der Waals surface area contributed by atoms with Crippen LogP contribution in [0.5, 0.6) is 0 Å². The Hall–Kier alpha value is -2.75. The molecule has 0 aliphatic carbocycles. The maximum atomic E-state index is 13.8. The number of carbonyl (C=O) groups is 1. The number of Topliss-reactive ketones (excluding diaryl/α,β-unsaturated/α-hetero) is 1. The topological polar surface area (TPSA) is 56.0 Å². The molecule has 0 fully saturated rings. The molecule has 0 atom stereocenters. The number of halogens is 1. The number of ketones is 1. The lowest BCUT2D eigenvalue weighted by molar-refractivity contribution is 0.0994. The lowest BCUT2D eigenvalue weighted by Gasteiger charge is -2.07. The Morgan fingerprint density at radius 1 is 1.10 bits per heavy atom. The first-order valence-corrected chi connectivity index (χ1v) is 6.56. The van der Waals surface area contributed by atoms with Gasteiger partial charge in [-0.25, -0.2) is 9.37 Å². The molecule has 0 saturated heterocycles. The van der Waals surface area contributed by atoms with Crippen molar-refractivity contribution in [1.29, 1.82) is 0 Å². The molecule has 4 heteroatoms. The number of hydrogen-bond donors (Lipinski definition) is 1. The second kappa shape index (κ2) is 5.32. The number of hydrogen-bond acceptors (Lipinski definition) is 3. The van der Waals surface area contributed by atoms with E-state index in [0.717, 1.165) is 5.56 Å². The summed E-state index contributed by atoms with van der Waals surface area (Å²) in [5.74, 6) is -0.0173. The summed E-state index contributed by atoms with van der Waals surface area (Å²) in [6, 6.07) is 13.3. The van der Waals surface area contributed by atoms with Crippen molar-refractivity contribution in [2.45, 2.75) is 6.42 Å². The summed E-state index contributed by atoms with van der Waals surface area (Å²) >= 11 is 0. The highest BCUT2D eigenvalue weighted by molar-refractivity contribution is 6.09. The van der Waals surface area contributed by atoms with Gasteiger partial charge in [-0.2, -0.15) is 0 Å². The minimum atomic E-state index is -0.324. The summed E-state index contributed by atoms with van der Waals surface area (Å²) in [7, 11) is 0.